The lowest BCUT2D eigenvalue weighted by Gasteiger charge is -2.28. The highest BCUT2D eigenvalue weighted by atomic mass is 32.2. The summed E-state index contributed by atoms with van der Waals surface area (Å²) in [5.74, 6) is 1.87. The van der Waals surface area contributed by atoms with Gasteiger partial charge in [-0.15, -0.1) is 11.3 Å². The summed E-state index contributed by atoms with van der Waals surface area (Å²) in [6.45, 7) is 7.21. The number of nitrogens with zero attached hydrogens (tertiary/aromatic N) is 2. The van der Waals surface area contributed by atoms with E-state index in [1.165, 1.54) is 0 Å². The zero-order valence-electron chi connectivity index (χ0n) is 9.86. The minimum atomic E-state index is 0.526. The molecule has 2 rings (SSSR count). The summed E-state index contributed by atoms with van der Waals surface area (Å²) in [4.78, 5) is 8.97. The number of thioether (sulfide) groups is 1. The standard InChI is InChI=1S/C11H17N3S2/c1-7-5-16-11(14-9(7)3)12-4-10-13-8(2)6-15-10/h6-7,9H,4-5H2,1-3H3,(H,12,14). The molecule has 0 spiro atoms. The second-order valence-corrected chi connectivity index (χ2v) is 6.18. The van der Waals surface area contributed by atoms with Crippen molar-refractivity contribution in [3.05, 3.63) is 16.1 Å². The lowest BCUT2D eigenvalue weighted by atomic mass is 10.1. The van der Waals surface area contributed by atoms with Crippen molar-refractivity contribution < 1.29 is 0 Å². The van der Waals surface area contributed by atoms with E-state index in [0.29, 0.717) is 18.5 Å². The molecule has 0 aromatic carbocycles. The number of aliphatic imine (C=N–C) groups is 1. The van der Waals surface area contributed by atoms with Crippen molar-refractivity contribution in [2.24, 2.45) is 10.9 Å². The van der Waals surface area contributed by atoms with Gasteiger partial charge in [-0.2, -0.15) is 0 Å². The zero-order valence-corrected chi connectivity index (χ0v) is 11.5. The van der Waals surface area contributed by atoms with E-state index in [-0.39, 0.29) is 0 Å². The van der Waals surface area contributed by atoms with Crippen LogP contribution < -0.4 is 5.32 Å². The summed E-state index contributed by atoms with van der Waals surface area (Å²) < 4.78 is 0. The Bertz CT molecular complexity index is 386. The van der Waals surface area contributed by atoms with E-state index in [9.17, 15) is 0 Å². The van der Waals surface area contributed by atoms with Gasteiger partial charge in [-0.1, -0.05) is 18.7 Å². The van der Waals surface area contributed by atoms with E-state index in [2.05, 4.69) is 34.5 Å². The average molecular weight is 255 g/mol. The van der Waals surface area contributed by atoms with Gasteiger partial charge in [0.15, 0.2) is 5.17 Å². The Kier molecular flexibility index (Phi) is 3.86. The molecule has 3 nitrogen and oxygen atoms in total. The second-order valence-electron chi connectivity index (χ2n) is 4.23. The van der Waals surface area contributed by atoms with Crippen LogP contribution in [0.5, 0.6) is 0 Å². The lowest BCUT2D eigenvalue weighted by molar-refractivity contribution is 0.490. The largest absolute Gasteiger partial charge is 0.362 e. The van der Waals surface area contributed by atoms with Gasteiger partial charge in [0.1, 0.15) is 5.01 Å². The van der Waals surface area contributed by atoms with Crippen LogP contribution in [0.25, 0.3) is 0 Å². The van der Waals surface area contributed by atoms with Crippen molar-refractivity contribution in [1.29, 1.82) is 0 Å². The molecule has 0 radical (unpaired) electrons. The number of aromatic nitrogens is 1. The molecule has 0 bridgehead atoms. The molecular formula is C11H17N3S2. The summed E-state index contributed by atoms with van der Waals surface area (Å²) >= 11 is 3.50. The van der Waals surface area contributed by atoms with Crippen molar-refractivity contribution in [3.63, 3.8) is 0 Å². The van der Waals surface area contributed by atoms with Gasteiger partial charge in [0.25, 0.3) is 0 Å². The van der Waals surface area contributed by atoms with Gasteiger partial charge in [0, 0.05) is 22.9 Å². The third kappa shape index (κ3) is 2.98. The molecule has 0 aliphatic carbocycles. The summed E-state index contributed by atoms with van der Waals surface area (Å²) in [7, 11) is 0. The van der Waals surface area contributed by atoms with Gasteiger partial charge in [-0.05, 0) is 19.8 Å². The van der Waals surface area contributed by atoms with Crippen molar-refractivity contribution in [1.82, 2.24) is 10.3 Å². The van der Waals surface area contributed by atoms with Crippen LogP contribution in [-0.2, 0) is 6.54 Å². The Balaban J connectivity index is 1.93. The molecule has 2 heterocycles. The Hall–Kier alpha value is -0.550. The topological polar surface area (TPSA) is 37.3 Å². The predicted octanol–water partition coefficient (Wildman–Crippen LogP) is 2.67. The quantitative estimate of drug-likeness (QED) is 0.883. The smallest absolute Gasteiger partial charge is 0.157 e. The van der Waals surface area contributed by atoms with Crippen LogP contribution in [0.4, 0.5) is 0 Å². The lowest BCUT2D eigenvalue weighted by Crippen LogP contribution is -2.41. The normalized spacial score (nSPS) is 28.1. The summed E-state index contributed by atoms with van der Waals surface area (Å²) in [6, 6.07) is 0.526. The molecule has 1 aromatic heterocycles. The van der Waals surface area contributed by atoms with E-state index in [4.69, 9.17) is 0 Å². The Labute approximate surface area is 105 Å². The molecule has 0 amide bonds. The molecule has 1 aliphatic rings. The first-order chi connectivity index (χ1) is 7.65. The minimum Gasteiger partial charge on any atom is -0.362 e. The zero-order chi connectivity index (χ0) is 11.5. The van der Waals surface area contributed by atoms with E-state index in [1.807, 2.05) is 18.7 Å². The van der Waals surface area contributed by atoms with E-state index < -0.39 is 0 Å². The molecular weight excluding hydrogens is 238 g/mol. The molecule has 88 valence electrons. The fraction of sp³-hybridized carbons (Fsp3) is 0.636. The predicted molar refractivity (Wildman–Crippen MR) is 72.2 cm³/mol. The first-order valence-corrected chi connectivity index (χ1v) is 7.36. The summed E-state index contributed by atoms with van der Waals surface area (Å²) in [5.41, 5.74) is 1.09. The van der Waals surface area contributed by atoms with Crippen LogP contribution in [0.3, 0.4) is 0 Å². The maximum atomic E-state index is 4.57. The summed E-state index contributed by atoms with van der Waals surface area (Å²) in [5, 5.41) is 7.67. The highest BCUT2D eigenvalue weighted by molar-refractivity contribution is 8.13. The molecule has 1 N–H and O–H groups in total. The van der Waals surface area contributed by atoms with Gasteiger partial charge in [-0.3, -0.25) is 4.99 Å². The molecule has 1 fully saturated rings. The van der Waals surface area contributed by atoms with Crippen molar-refractivity contribution in [2.75, 3.05) is 5.75 Å². The van der Waals surface area contributed by atoms with Gasteiger partial charge in [0.2, 0.25) is 0 Å². The van der Waals surface area contributed by atoms with Crippen molar-refractivity contribution in [3.8, 4) is 0 Å². The van der Waals surface area contributed by atoms with Crippen LogP contribution in [0.2, 0.25) is 0 Å². The third-order valence-electron chi connectivity index (χ3n) is 2.71. The fourth-order valence-electron chi connectivity index (χ4n) is 1.44. The average Bonchev–Trinajstić information content (AvgIpc) is 2.66. The molecule has 2 atom stereocenters. The van der Waals surface area contributed by atoms with E-state index in [0.717, 1.165) is 21.6 Å². The van der Waals surface area contributed by atoms with E-state index in [1.54, 1.807) is 11.3 Å². The van der Waals surface area contributed by atoms with Crippen molar-refractivity contribution >= 4 is 28.3 Å². The highest BCUT2D eigenvalue weighted by Gasteiger charge is 2.20. The Morgan fingerprint density at radius 3 is 3.00 bits per heavy atom. The van der Waals surface area contributed by atoms with Gasteiger partial charge >= 0.3 is 0 Å². The van der Waals surface area contributed by atoms with Gasteiger partial charge in [0.05, 0.1) is 6.54 Å². The first kappa shape index (κ1) is 11.9. The number of hydrogen-bond acceptors (Lipinski definition) is 4. The van der Waals surface area contributed by atoms with Crippen LogP contribution in [0, 0.1) is 12.8 Å². The Morgan fingerprint density at radius 2 is 2.38 bits per heavy atom. The molecule has 16 heavy (non-hydrogen) atoms. The molecule has 1 aliphatic heterocycles. The number of aryl methyl sites for hydroxylation is 1. The van der Waals surface area contributed by atoms with Gasteiger partial charge in [-0.25, -0.2) is 4.98 Å². The number of thiazole rings is 1. The fourth-order valence-corrected chi connectivity index (χ4v) is 3.27. The third-order valence-corrected chi connectivity index (χ3v) is 4.88. The van der Waals surface area contributed by atoms with Crippen molar-refractivity contribution in [2.45, 2.75) is 33.4 Å². The summed E-state index contributed by atoms with van der Waals surface area (Å²) in [6.07, 6.45) is 0. The number of amidine groups is 1. The Morgan fingerprint density at radius 1 is 1.56 bits per heavy atom. The van der Waals surface area contributed by atoms with Crippen LogP contribution in [-0.4, -0.2) is 21.9 Å². The number of nitrogens with one attached hydrogen (secondary N) is 1. The monoisotopic (exact) mass is 255 g/mol. The maximum Gasteiger partial charge on any atom is 0.157 e. The van der Waals surface area contributed by atoms with Crippen LogP contribution in [0.1, 0.15) is 24.5 Å². The maximum absolute atomic E-state index is 4.57. The molecule has 2 unspecified atom stereocenters. The van der Waals surface area contributed by atoms with Crippen LogP contribution >= 0.6 is 23.1 Å². The SMILES string of the molecule is Cc1csc(CN=C2NC(C)C(C)CS2)n1. The molecule has 0 saturated carbocycles. The first-order valence-electron chi connectivity index (χ1n) is 5.50. The minimum absolute atomic E-state index is 0.526. The highest BCUT2D eigenvalue weighted by Crippen LogP contribution is 2.20. The second kappa shape index (κ2) is 5.19. The van der Waals surface area contributed by atoms with E-state index >= 15 is 0 Å². The molecule has 5 heteroatoms. The molecule has 1 saturated heterocycles. The van der Waals surface area contributed by atoms with Gasteiger partial charge < -0.3 is 5.32 Å². The number of hydrogen-bond donors (Lipinski definition) is 1. The number of rotatable bonds is 2. The van der Waals surface area contributed by atoms with Crippen LogP contribution in [0.15, 0.2) is 10.4 Å². The molecule has 1 aromatic rings.